The van der Waals surface area contributed by atoms with Crippen LogP contribution in [0.3, 0.4) is 0 Å². The maximum Gasteiger partial charge on any atom is 0.222 e. The van der Waals surface area contributed by atoms with E-state index in [-0.39, 0.29) is 5.41 Å². The zero-order valence-corrected chi connectivity index (χ0v) is 14.7. The molecule has 1 spiro atoms. The Hall–Kier alpha value is -1.62. The van der Waals surface area contributed by atoms with E-state index in [1.807, 2.05) is 25.1 Å². The summed E-state index contributed by atoms with van der Waals surface area (Å²) >= 11 is 0. The minimum absolute atomic E-state index is 0.218. The number of nitrogens with zero attached hydrogens (tertiary/aromatic N) is 3. The average molecular weight is 317 g/mol. The number of methoxy groups -OCH3 is 1. The van der Waals surface area contributed by atoms with Gasteiger partial charge in [0.2, 0.25) is 5.91 Å². The smallest absolute Gasteiger partial charge is 0.222 e. The van der Waals surface area contributed by atoms with Crippen LogP contribution in [-0.4, -0.2) is 54.5 Å². The summed E-state index contributed by atoms with van der Waals surface area (Å²) in [4.78, 5) is 20.8. The summed E-state index contributed by atoms with van der Waals surface area (Å²) < 4.78 is 5.50. The van der Waals surface area contributed by atoms with Crippen molar-refractivity contribution < 1.29 is 9.53 Å². The van der Waals surface area contributed by atoms with E-state index >= 15 is 0 Å². The summed E-state index contributed by atoms with van der Waals surface area (Å²) in [6.45, 7) is 7.99. The van der Waals surface area contributed by atoms with Gasteiger partial charge >= 0.3 is 0 Å². The van der Waals surface area contributed by atoms with Crippen LogP contribution in [0.25, 0.3) is 0 Å². The van der Waals surface area contributed by atoms with Crippen molar-refractivity contribution in [2.45, 2.75) is 39.7 Å². The van der Waals surface area contributed by atoms with E-state index in [4.69, 9.17) is 4.74 Å². The van der Waals surface area contributed by atoms with Crippen LogP contribution < -0.4 is 4.74 Å². The molecule has 0 atom stereocenters. The summed E-state index contributed by atoms with van der Waals surface area (Å²) in [5.41, 5.74) is 3.54. The third-order valence-corrected chi connectivity index (χ3v) is 5.56. The predicted molar refractivity (Wildman–Crippen MR) is 89.5 cm³/mol. The van der Waals surface area contributed by atoms with Gasteiger partial charge in [-0.05, 0) is 45.2 Å². The van der Waals surface area contributed by atoms with Gasteiger partial charge in [0.05, 0.1) is 12.8 Å². The number of rotatable bonds is 3. The highest BCUT2D eigenvalue weighted by atomic mass is 16.5. The third kappa shape index (κ3) is 3.07. The molecule has 3 heterocycles. The van der Waals surface area contributed by atoms with Crippen LogP contribution in [0.4, 0.5) is 0 Å². The van der Waals surface area contributed by atoms with E-state index in [0.29, 0.717) is 5.91 Å². The number of pyridine rings is 1. The fourth-order valence-corrected chi connectivity index (χ4v) is 4.07. The molecule has 1 aromatic rings. The van der Waals surface area contributed by atoms with Crippen molar-refractivity contribution in [2.24, 2.45) is 5.41 Å². The second kappa shape index (κ2) is 6.11. The largest absolute Gasteiger partial charge is 0.496 e. The summed E-state index contributed by atoms with van der Waals surface area (Å²) in [5, 5.41) is 0. The number of carbonyl (C=O) groups excluding carboxylic acids is 1. The molecule has 0 N–H and O–H groups in total. The standard InChI is InChI=1S/C18H27N3O2/c1-13-10-19-15(14(2)17(13)23-4)11-21-7-5-18(6-8-21)9-16(22)20(3)12-18/h10H,5-9,11-12H2,1-4H3. The number of ether oxygens (including phenoxy) is 1. The Morgan fingerprint density at radius 3 is 2.57 bits per heavy atom. The van der Waals surface area contributed by atoms with E-state index in [9.17, 15) is 4.79 Å². The van der Waals surface area contributed by atoms with E-state index in [2.05, 4.69) is 16.8 Å². The molecule has 3 rings (SSSR count). The highest BCUT2D eigenvalue weighted by Crippen LogP contribution is 2.40. The topological polar surface area (TPSA) is 45.7 Å². The van der Waals surface area contributed by atoms with Crippen LogP contribution in [0.1, 0.15) is 36.1 Å². The molecular formula is C18H27N3O2. The molecule has 5 nitrogen and oxygen atoms in total. The molecule has 0 aliphatic carbocycles. The molecule has 5 heteroatoms. The van der Waals surface area contributed by atoms with Crippen LogP contribution in [0, 0.1) is 19.3 Å². The number of likely N-dealkylation sites (tertiary alicyclic amines) is 2. The average Bonchev–Trinajstić information content (AvgIpc) is 2.79. The monoisotopic (exact) mass is 317 g/mol. The van der Waals surface area contributed by atoms with Gasteiger partial charge in [-0.1, -0.05) is 0 Å². The summed E-state index contributed by atoms with van der Waals surface area (Å²) in [6, 6.07) is 0. The van der Waals surface area contributed by atoms with Gasteiger partial charge in [0.25, 0.3) is 0 Å². The van der Waals surface area contributed by atoms with Gasteiger partial charge in [0, 0.05) is 43.9 Å². The lowest BCUT2D eigenvalue weighted by atomic mass is 9.77. The normalized spacial score (nSPS) is 21.2. The van der Waals surface area contributed by atoms with Crippen molar-refractivity contribution in [1.29, 1.82) is 0 Å². The molecule has 2 aliphatic heterocycles. The minimum Gasteiger partial charge on any atom is -0.496 e. The van der Waals surface area contributed by atoms with Crippen molar-refractivity contribution in [3.8, 4) is 5.75 Å². The summed E-state index contributed by atoms with van der Waals surface area (Å²) in [6.07, 6.45) is 4.83. The molecule has 0 aromatic carbocycles. The number of aromatic nitrogens is 1. The van der Waals surface area contributed by atoms with E-state index in [1.54, 1.807) is 7.11 Å². The van der Waals surface area contributed by atoms with Crippen LogP contribution in [0.5, 0.6) is 5.75 Å². The Labute approximate surface area is 138 Å². The second-order valence-corrected chi connectivity index (χ2v) is 7.25. The van der Waals surface area contributed by atoms with E-state index < -0.39 is 0 Å². The predicted octanol–water partition coefficient (Wildman–Crippen LogP) is 2.15. The Morgan fingerprint density at radius 2 is 2.00 bits per heavy atom. The van der Waals surface area contributed by atoms with Gasteiger partial charge in [-0.25, -0.2) is 0 Å². The van der Waals surface area contributed by atoms with Gasteiger partial charge in [-0.2, -0.15) is 0 Å². The number of aryl methyl sites for hydroxylation is 1. The number of amides is 1. The highest BCUT2D eigenvalue weighted by molar-refractivity contribution is 5.79. The summed E-state index contributed by atoms with van der Waals surface area (Å²) in [7, 11) is 3.65. The number of carbonyl (C=O) groups is 1. The Morgan fingerprint density at radius 1 is 1.30 bits per heavy atom. The Bertz CT molecular complexity index is 607. The maximum absolute atomic E-state index is 11.9. The first-order valence-corrected chi connectivity index (χ1v) is 8.39. The second-order valence-electron chi connectivity index (χ2n) is 7.25. The Kier molecular flexibility index (Phi) is 4.32. The zero-order chi connectivity index (χ0) is 16.6. The fraction of sp³-hybridized carbons (Fsp3) is 0.667. The lowest BCUT2D eigenvalue weighted by Gasteiger charge is -2.38. The number of piperidine rings is 1. The van der Waals surface area contributed by atoms with Gasteiger partial charge in [0.1, 0.15) is 5.75 Å². The maximum atomic E-state index is 11.9. The van der Waals surface area contributed by atoms with Gasteiger partial charge in [-0.3, -0.25) is 14.7 Å². The lowest BCUT2D eigenvalue weighted by Crippen LogP contribution is -2.41. The van der Waals surface area contributed by atoms with Gasteiger partial charge < -0.3 is 9.64 Å². The quantitative estimate of drug-likeness (QED) is 0.857. The van der Waals surface area contributed by atoms with Crippen molar-refractivity contribution in [1.82, 2.24) is 14.8 Å². The van der Waals surface area contributed by atoms with Crippen molar-refractivity contribution in [3.63, 3.8) is 0 Å². The SMILES string of the molecule is COc1c(C)cnc(CN2CCC3(CC2)CC(=O)N(C)C3)c1C. The molecule has 0 unspecified atom stereocenters. The molecule has 1 aromatic heterocycles. The zero-order valence-electron chi connectivity index (χ0n) is 14.7. The third-order valence-electron chi connectivity index (χ3n) is 5.56. The van der Waals surface area contributed by atoms with Gasteiger partial charge in [-0.15, -0.1) is 0 Å². The van der Waals surface area contributed by atoms with Crippen LogP contribution in [-0.2, 0) is 11.3 Å². The molecule has 2 aliphatic rings. The van der Waals surface area contributed by atoms with Crippen LogP contribution in [0.15, 0.2) is 6.20 Å². The lowest BCUT2D eigenvalue weighted by molar-refractivity contribution is -0.126. The Balaban J connectivity index is 1.65. The molecule has 2 fully saturated rings. The van der Waals surface area contributed by atoms with Crippen LogP contribution in [0.2, 0.25) is 0 Å². The molecule has 0 radical (unpaired) electrons. The van der Waals surface area contributed by atoms with Crippen molar-refractivity contribution in [3.05, 3.63) is 23.0 Å². The highest BCUT2D eigenvalue weighted by Gasteiger charge is 2.43. The van der Waals surface area contributed by atoms with E-state index in [0.717, 1.165) is 68.0 Å². The fourth-order valence-electron chi connectivity index (χ4n) is 4.07. The number of hydrogen-bond acceptors (Lipinski definition) is 4. The molecular weight excluding hydrogens is 290 g/mol. The molecule has 2 saturated heterocycles. The molecule has 0 bridgehead atoms. The molecule has 0 saturated carbocycles. The first kappa shape index (κ1) is 16.2. The minimum atomic E-state index is 0.218. The van der Waals surface area contributed by atoms with Crippen molar-refractivity contribution >= 4 is 5.91 Å². The van der Waals surface area contributed by atoms with Crippen molar-refractivity contribution in [2.75, 3.05) is 33.8 Å². The number of hydrogen-bond donors (Lipinski definition) is 0. The molecule has 126 valence electrons. The first-order valence-electron chi connectivity index (χ1n) is 8.39. The molecule has 1 amide bonds. The summed E-state index contributed by atoms with van der Waals surface area (Å²) in [5.74, 6) is 1.26. The van der Waals surface area contributed by atoms with Gasteiger partial charge in [0.15, 0.2) is 0 Å². The first-order chi connectivity index (χ1) is 10.9. The molecule has 23 heavy (non-hydrogen) atoms. The van der Waals surface area contributed by atoms with Crippen LogP contribution >= 0.6 is 0 Å². The van der Waals surface area contributed by atoms with E-state index in [1.165, 1.54) is 0 Å².